The van der Waals surface area contributed by atoms with Crippen molar-refractivity contribution in [1.29, 1.82) is 5.26 Å². The number of rotatable bonds is 3. The van der Waals surface area contributed by atoms with Crippen molar-refractivity contribution in [2.45, 2.75) is 12.5 Å². The molecular weight excluding hydrogens is 525 g/mol. The number of fused-ring (bicyclic) bond motifs is 2. The van der Waals surface area contributed by atoms with Gasteiger partial charge in [0.2, 0.25) is 0 Å². The van der Waals surface area contributed by atoms with Gasteiger partial charge in [0.05, 0.1) is 35.1 Å². The fraction of sp³-hybridized carbons (Fsp3) is 0.182. The third-order valence-electron chi connectivity index (χ3n) is 6.00. The predicted octanol–water partition coefficient (Wildman–Crippen LogP) is 3.26. The van der Waals surface area contributed by atoms with Crippen LogP contribution in [-0.2, 0) is 0 Å². The van der Waals surface area contributed by atoms with Gasteiger partial charge >= 0.3 is 0 Å². The second-order valence-corrected chi connectivity index (χ2v) is 8.37. The summed E-state index contributed by atoms with van der Waals surface area (Å²) in [5.74, 6) is 0.166. The summed E-state index contributed by atoms with van der Waals surface area (Å²) in [4.78, 5) is 31.4. The first kappa shape index (κ1) is 25.5. The first-order chi connectivity index (χ1) is 16.5. The maximum atomic E-state index is 13.7. The number of H-pyrrole nitrogens is 1. The van der Waals surface area contributed by atoms with Crippen molar-refractivity contribution >= 4 is 61.1 Å². The lowest BCUT2D eigenvalue weighted by Gasteiger charge is -2.27. The van der Waals surface area contributed by atoms with E-state index in [-0.39, 0.29) is 43.4 Å². The van der Waals surface area contributed by atoms with Crippen LogP contribution in [-0.4, -0.2) is 40.7 Å². The van der Waals surface area contributed by atoms with Crippen LogP contribution in [0.15, 0.2) is 54.0 Å². The molecule has 1 aromatic carbocycles. The van der Waals surface area contributed by atoms with E-state index in [1.807, 2.05) is 4.90 Å². The van der Waals surface area contributed by atoms with E-state index < -0.39 is 17.4 Å². The number of hydrogen-bond donors (Lipinski definition) is 1. The fourth-order valence-corrected chi connectivity index (χ4v) is 4.70. The highest BCUT2D eigenvalue weighted by Crippen LogP contribution is 2.39. The first-order valence-electron chi connectivity index (χ1n) is 10.4. The molecule has 1 aliphatic heterocycles. The van der Waals surface area contributed by atoms with Crippen molar-refractivity contribution in [2.24, 2.45) is 5.92 Å². The third kappa shape index (κ3) is 3.97. The van der Waals surface area contributed by atoms with E-state index in [2.05, 4.69) is 26.0 Å². The van der Waals surface area contributed by atoms with Gasteiger partial charge in [0.1, 0.15) is 23.2 Å². The molecule has 0 bridgehead atoms. The van der Waals surface area contributed by atoms with E-state index in [0.717, 1.165) is 0 Å². The average molecular weight is 544 g/mol. The van der Waals surface area contributed by atoms with Crippen molar-refractivity contribution in [3.63, 3.8) is 0 Å². The van der Waals surface area contributed by atoms with Crippen molar-refractivity contribution in [1.82, 2.24) is 34.1 Å². The third-order valence-corrected chi connectivity index (χ3v) is 6.31. The van der Waals surface area contributed by atoms with E-state index in [1.165, 1.54) is 46.0 Å². The van der Waals surface area contributed by atoms with Gasteiger partial charge < -0.3 is 9.88 Å². The molecule has 5 heterocycles. The number of nitrogens with one attached hydrogen (secondary N) is 1. The molecule has 0 aliphatic carbocycles. The van der Waals surface area contributed by atoms with Crippen LogP contribution in [0.4, 0.5) is 10.2 Å². The molecule has 0 radical (unpaired) electrons. The Morgan fingerprint density at radius 3 is 2.67 bits per heavy atom. The van der Waals surface area contributed by atoms with Crippen LogP contribution >= 0.6 is 38.6 Å². The minimum Gasteiger partial charge on any atom is -0.343 e. The van der Waals surface area contributed by atoms with Gasteiger partial charge in [-0.25, -0.2) is 23.9 Å². The van der Waals surface area contributed by atoms with E-state index in [1.54, 1.807) is 12.3 Å². The molecule has 4 aromatic heterocycles. The summed E-state index contributed by atoms with van der Waals surface area (Å²) in [5, 5.41) is 14.7. The monoisotopic (exact) mass is 543 g/mol. The smallest absolute Gasteiger partial charge is 0.284 e. The zero-order valence-electron chi connectivity index (χ0n) is 18.4. The van der Waals surface area contributed by atoms with Gasteiger partial charge in [-0.05, 0) is 36.8 Å². The molecule has 2 atom stereocenters. The molecule has 5 aromatic rings. The molecule has 36 heavy (non-hydrogen) atoms. The number of nitriles is 1. The summed E-state index contributed by atoms with van der Waals surface area (Å²) in [5.41, 5.74) is 1.34. The van der Waals surface area contributed by atoms with Crippen molar-refractivity contribution in [3.8, 4) is 11.8 Å². The summed E-state index contributed by atoms with van der Waals surface area (Å²) in [6, 6.07) is 8.99. The minimum atomic E-state index is -0.491. The van der Waals surface area contributed by atoms with Crippen LogP contribution in [0.25, 0.3) is 22.4 Å². The minimum absolute atomic E-state index is 0. The van der Waals surface area contributed by atoms with Crippen molar-refractivity contribution in [2.75, 3.05) is 11.4 Å². The fourth-order valence-electron chi connectivity index (χ4n) is 4.48. The summed E-state index contributed by atoms with van der Waals surface area (Å²) < 4.78 is 16.5. The zero-order chi connectivity index (χ0) is 23.4. The van der Waals surface area contributed by atoms with E-state index >= 15 is 0 Å². The molecule has 1 N–H and O–H groups in total. The Hall–Kier alpha value is -3.60. The van der Waals surface area contributed by atoms with Gasteiger partial charge in [0, 0.05) is 12.7 Å². The molecule has 1 fully saturated rings. The molecule has 0 amide bonds. The number of nitrogens with zero attached hydrogens (tertiary/aromatic N) is 8. The SMILES string of the molecule is N#C[C@H]1C[C@@H](c2nn3ccc(Cl)c3c(=O)n2-c2ccc(F)cc2)N(c2ncnc3nc[nH]c23)C1.S.S. The second kappa shape index (κ2) is 9.81. The highest BCUT2D eigenvalue weighted by Gasteiger charge is 2.39. The number of halogens is 2. The van der Waals surface area contributed by atoms with Crippen LogP contribution < -0.4 is 10.5 Å². The van der Waals surface area contributed by atoms with Gasteiger partial charge in [0.15, 0.2) is 17.3 Å². The standard InChI is InChI=1S/C22H15ClFN9O.2H2S/c23-15-5-6-32-18(15)22(34)33(14-3-1-13(24)2-4-14)20(30-32)16-7-12(8-25)9-31(16)21-17-19(27-10-26-17)28-11-29-21;;/h1-6,10-12,16H,7,9H2,(H,26,27,28,29);2*1H2/t12-,16+;;/m1../s1. The number of aromatic nitrogens is 7. The lowest BCUT2D eigenvalue weighted by atomic mass is 10.1. The largest absolute Gasteiger partial charge is 0.343 e. The Morgan fingerprint density at radius 2 is 1.92 bits per heavy atom. The molecule has 14 heteroatoms. The average Bonchev–Trinajstić information content (AvgIpc) is 3.58. The highest BCUT2D eigenvalue weighted by molar-refractivity contribution is 7.59. The quantitative estimate of drug-likeness (QED) is 0.371. The summed E-state index contributed by atoms with van der Waals surface area (Å²) >= 11 is 6.28. The topological polar surface area (TPSA) is 121 Å². The number of aromatic amines is 1. The van der Waals surface area contributed by atoms with Crippen LogP contribution in [0.5, 0.6) is 0 Å². The Bertz CT molecular complexity index is 1660. The lowest BCUT2D eigenvalue weighted by Crippen LogP contribution is -2.33. The molecule has 184 valence electrons. The van der Waals surface area contributed by atoms with Crippen molar-refractivity contribution < 1.29 is 4.39 Å². The summed E-state index contributed by atoms with van der Waals surface area (Å²) in [6.07, 6.45) is 4.95. The van der Waals surface area contributed by atoms with Gasteiger partial charge in [0.25, 0.3) is 5.56 Å². The van der Waals surface area contributed by atoms with Gasteiger partial charge in [-0.3, -0.25) is 9.36 Å². The van der Waals surface area contributed by atoms with Crippen LogP contribution in [0.2, 0.25) is 5.02 Å². The molecule has 6 rings (SSSR count). The molecule has 1 aliphatic rings. The first-order valence-corrected chi connectivity index (χ1v) is 10.8. The Morgan fingerprint density at radius 1 is 1.14 bits per heavy atom. The van der Waals surface area contributed by atoms with Gasteiger partial charge in [-0.2, -0.15) is 37.4 Å². The van der Waals surface area contributed by atoms with Crippen molar-refractivity contribution in [3.05, 3.63) is 76.2 Å². The molecule has 0 spiro atoms. The Labute approximate surface area is 222 Å². The van der Waals surface area contributed by atoms with E-state index in [9.17, 15) is 14.4 Å². The van der Waals surface area contributed by atoms with Gasteiger partial charge in [-0.15, -0.1) is 0 Å². The summed E-state index contributed by atoms with van der Waals surface area (Å²) in [7, 11) is 0. The second-order valence-electron chi connectivity index (χ2n) is 7.96. The highest BCUT2D eigenvalue weighted by atomic mass is 35.5. The molecule has 1 saturated heterocycles. The predicted molar refractivity (Wildman–Crippen MR) is 142 cm³/mol. The van der Waals surface area contributed by atoms with Crippen LogP contribution in [0, 0.1) is 23.1 Å². The summed E-state index contributed by atoms with van der Waals surface area (Å²) in [6.45, 7) is 0.371. The number of hydrogen-bond acceptors (Lipinski definition) is 7. The zero-order valence-corrected chi connectivity index (χ0v) is 21.2. The number of benzene rings is 1. The van der Waals surface area contributed by atoms with E-state index in [4.69, 9.17) is 16.7 Å². The molecule has 10 nitrogen and oxygen atoms in total. The maximum Gasteiger partial charge on any atom is 0.284 e. The Kier molecular flexibility index (Phi) is 6.94. The van der Waals surface area contributed by atoms with E-state index in [0.29, 0.717) is 41.5 Å². The van der Waals surface area contributed by atoms with Gasteiger partial charge in [-0.1, -0.05) is 11.6 Å². The van der Waals surface area contributed by atoms with Crippen LogP contribution in [0.3, 0.4) is 0 Å². The molecule has 0 saturated carbocycles. The molecular formula is C22H19ClFN9OS2. The normalized spacial score (nSPS) is 17.1. The maximum absolute atomic E-state index is 13.7. The number of anilines is 1. The Balaban J connectivity index is 0.00000152. The lowest BCUT2D eigenvalue weighted by molar-refractivity contribution is 0.586. The molecule has 0 unspecified atom stereocenters. The van der Waals surface area contributed by atoms with Crippen LogP contribution in [0.1, 0.15) is 18.3 Å². The number of imidazole rings is 1.